The van der Waals surface area contributed by atoms with Gasteiger partial charge in [-0.25, -0.2) is 9.50 Å². The van der Waals surface area contributed by atoms with Crippen molar-refractivity contribution in [1.82, 2.24) is 19.9 Å². The zero-order valence-corrected chi connectivity index (χ0v) is 19.7. The molecule has 1 fully saturated rings. The van der Waals surface area contributed by atoms with Crippen LogP contribution in [0.15, 0.2) is 34.9 Å². The van der Waals surface area contributed by atoms with Crippen LogP contribution in [0, 0.1) is 25.7 Å². The molecule has 30 heavy (non-hydrogen) atoms. The number of amides is 1. The minimum atomic E-state index is -0.0676. The maximum atomic E-state index is 13.1. The number of aromatic nitrogens is 3. The van der Waals surface area contributed by atoms with Crippen molar-refractivity contribution in [2.24, 2.45) is 11.8 Å². The normalized spacial score (nSPS) is 21.7. The van der Waals surface area contributed by atoms with E-state index in [1.165, 1.54) is 18.4 Å². The van der Waals surface area contributed by atoms with Crippen molar-refractivity contribution in [3.8, 4) is 0 Å². The molecule has 0 unspecified atom stereocenters. The van der Waals surface area contributed by atoms with Gasteiger partial charge in [0.15, 0.2) is 5.65 Å². The van der Waals surface area contributed by atoms with E-state index in [2.05, 4.69) is 59.2 Å². The van der Waals surface area contributed by atoms with Crippen LogP contribution in [-0.2, 0) is 6.42 Å². The second-order valence-electron chi connectivity index (χ2n) is 8.71. The summed E-state index contributed by atoms with van der Waals surface area (Å²) in [6.07, 6.45) is 5.88. The van der Waals surface area contributed by atoms with E-state index in [1.54, 1.807) is 6.20 Å². The number of nitrogens with zero attached hydrogens (tertiary/aromatic N) is 3. The van der Waals surface area contributed by atoms with E-state index < -0.39 is 0 Å². The number of fused-ring (bicyclic) bond motifs is 1. The lowest BCUT2D eigenvalue weighted by atomic mass is 9.78. The van der Waals surface area contributed by atoms with Gasteiger partial charge in [-0.15, -0.1) is 0 Å². The van der Waals surface area contributed by atoms with Gasteiger partial charge in [-0.1, -0.05) is 54.8 Å². The average molecular weight is 469 g/mol. The highest BCUT2D eigenvalue weighted by Gasteiger charge is 2.29. The Kier molecular flexibility index (Phi) is 5.96. The summed E-state index contributed by atoms with van der Waals surface area (Å²) < 4.78 is 2.87. The Labute approximate surface area is 186 Å². The molecular weight excluding hydrogens is 440 g/mol. The fourth-order valence-corrected chi connectivity index (χ4v) is 5.06. The number of halogens is 1. The van der Waals surface area contributed by atoms with Gasteiger partial charge in [-0.2, -0.15) is 5.10 Å². The van der Waals surface area contributed by atoms with Crippen molar-refractivity contribution in [3.05, 3.63) is 63.0 Å². The Bertz CT molecular complexity index is 1090. The van der Waals surface area contributed by atoms with Crippen molar-refractivity contribution < 1.29 is 4.79 Å². The number of rotatable bonds is 4. The first kappa shape index (κ1) is 21.0. The number of aryl methyl sites for hydroxylation is 2. The van der Waals surface area contributed by atoms with Gasteiger partial charge >= 0.3 is 0 Å². The summed E-state index contributed by atoms with van der Waals surface area (Å²) in [7, 11) is 0. The highest BCUT2D eigenvalue weighted by Crippen LogP contribution is 2.30. The Hall–Kier alpha value is -2.21. The van der Waals surface area contributed by atoms with Crippen molar-refractivity contribution in [2.45, 2.75) is 59.4 Å². The van der Waals surface area contributed by atoms with Gasteiger partial charge in [0.25, 0.3) is 5.91 Å². The van der Waals surface area contributed by atoms with Gasteiger partial charge in [-0.05, 0) is 55.4 Å². The highest BCUT2D eigenvalue weighted by molar-refractivity contribution is 9.10. The fourth-order valence-electron chi connectivity index (χ4n) is 4.61. The lowest BCUT2D eigenvalue weighted by molar-refractivity contribution is 0.0892. The predicted molar refractivity (Wildman–Crippen MR) is 123 cm³/mol. The van der Waals surface area contributed by atoms with Crippen LogP contribution in [-0.4, -0.2) is 26.5 Å². The molecule has 0 spiro atoms. The number of hydrogen-bond acceptors (Lipinski definition) is 3. The molecule has 1 aliphatic carbocycles. The molecule has 3 atom stereocenters. The average Bonchev–Trinajstić information content (AvgIpc) is 3.13. The van der Waals surface area contributed by atoms with Crippen LogP contribution >= 0.6 is 15.9 Å². The van der Waals surface area contributed by atoms with Crippen LogP contribution in [0.4, 0.5) is 0 Å². The van der Waals surface area contributed by atoms with Gasteiger partial charge in [0.2, 0.25) is 0 Å². The van der Waals surface area contributed by atoms with E-state index >= 15 is 0 Å². The van der Waals surface area contributed by atoms with E-state index in [4.69, 9.17) is 4.98 Å². The molecule has 0 aliphatic heterocycles. The first-order valence-electron chi connectivity index (χ1n) is 10.7. The third-order valence-corrected chi connectivity index (χ3v) is 7.24. The summed E-state index contributed by atoms with van der Waals surface area (Å²) >= 11 is 3.54. The lowest BCUT2D eigenvalue weighted by Gasteiger charge is -2.34. The van der Waals surface area contributed by atoms with Crippen LogP contribution in [0.2, 0.25) is 0 Å². The Morgan fingerprint density at radius 1 is 1.27 bits per heavy atom. The molecule has 158 valence electrons. The third-order valence-electron chi connectivity index (χ3n) is 6.75. The zero-order valence-electron chi connectivity index (χ0n) is 18.1. The Balaban J connectivity index is 1.63. The van der Waals surface area contributed by atoms with E-state index in [0.29, 0.717) is 23.0 Å². The molecule has 1 N–H and O–H groups in total. The largest absolute Gasteiger partial charge is 0.349 e. The SMILES string of the molecule is Cc1nc2c(C(=O)N[C@@H]3CCC[C@@H](C)[C@@H]3C)cnn2c(C)c1Cc1cccc(Br)c1. The van der Waals surface area contributed by atoms with Crippen LogP contribution in [0.3, 0.4) is 0 Å². The molecule has 2 aromatic heterocycles. The molecule has 0 saturated heterocycles. The minimum Gasteiger partial charge on any atom is -0.349 e. The molecule has 1 aliphatic rings. The van der Waals surface area contributed by atoms with Crippen LogP contribution in [0.1, 0.15) is 66.0 Å². The van der Waals surface area contributed by atoms with E-state index in [1.807, 2.05) is 23.6 Å². The van der Waals surface area contributed by atoms with Crippen LogP contribution < -0.4 is 5.32 Å². The van der Waals surface area contributed by atoms with E-state index in [-0.39, 0.29) is 11.9 Å². The zero-order chi connectivity index (χ0) is 21.4. The molecule has 6 heteroatoms. The molecular formula is C24H29BrN4O. The standard InChI is InChI=1S/C24H29BrN4O/c1-14-7-5-10-22(15(14)2)28-24(30)21-13-26-29-17(4)20(16(3)27-23(21)29)12-18-8-6-9-19(25)11-18/h6,8-9,11,13-15,22H,5,7,10,12H2,1-4H3,(H,28,30)/t14-,15+,22-/m1/s1. The van der Waals surface area contributed by atoms with Gasteiger partial charge < -0.3 is 5.32 Å². The maximum Gasteiger partial charge on any atom is 0.256 e. The topological polar surface area (TPSA) is 59.3 Å². The van der Waals surface area contributed by atoms with E-state index in [9.17, 15) is 4.79 Å². The van der Waals surface area contributed by atoms with Crippen molar-refractivity contribution in [3.63, 3.8) is 0 Å². The summed E-state index contributed by atoms with van der Waals surface area (Å²) in [5, 5.41) is 7.77. The minimum absolute atomic E-state index is 0.0676. The lowest BCUT2D eigenvalue weighted by Crippen LogP contribution is -2.43. The number of carbonyl (C=O) groups is 1. The maximum absolute atomic E-state index is 13.1. The van der Waals surface area contributed by atoms with Gasteiger partial charge in [0.05, 0.1) is 6.20 Å². The number of hydrogen-bond donors (Lipinski definition) is 1. The van der Waals surface area contributed by atoms with Crippen molar-refractivity contribution >= 4 is 27.5 Å². The second-order valence-corrected chi connectivity index (χ2v) is 9.62. The summed E-state index contributed by atoms with van der Waals surface area (Å²) in [5.41, 5.74) is 5.51. The van der Waals surface area contributed by atoms with E-state index in [0.717, 1.165) is 34.3 Å². The quantitative estimate of drug-likeness (QED) is 0.568. The van der Waals surface area contributed by atoms with Gasteiger partial charge in [0.1, 0.15) is 5.56 Å². The van der Waals surface area contributed by atoms with Crippen molar-refractivity contribution in [2.75, 3.05) is 0 Å². The first-order valence-corrected chi connectivity index (χ1v) is 11.5. The molecule has 5 nitrogen and oxygen atoms in total. The second kappa shape index (κ2) is 8.50. The molecule has 2 heterocycles. The smallest absolute Gasteiger partial charge is 0.256 e. The van der Waals surface area contributed by atoms with Gasteiger partial charge in [-0.3, -0.25) is 4.79 Å². The first-order chi connectivity index (χ1) is 14.3. The summed E-state index contributed by atoms with van der Waals surface area (Å²) in [5.74, 6) is 1.05. The van der Waals surface area contributed by atoms with Crippen LogP contribution in [0.25, 0.3) is 5.65 Å². The monoisotopic (exact) mass is 468 g/mol. The summed E-state index contributed by atoms with van der Waals surface area (Å²) in [6.45, 7) is 8.58. The number of benzene rings is 1. The fraction of sp³-hybridized carbons (Fsp3) is 0.458. The Morgan fingerprint density at radius 2 is 2.07 bits per heavy atom. The Morgan fingerprint density at radius 3 is 2.83 bits per heavy atom. The number of carbonyl (C=O) groups excluding carboxylic acids is 1. The molecule has 1 amide bonds. The van der Waals surface area contributed by atoms with Gasteiger partial charge in [0, 0.05) is 28.3 Å². The number of nitrogens with one attached hydrogen (secondary N) is 1. The molecule has 0 bridgehead atoms. The summed E-state index contributed by atoms with van der Waals surface area (Å²) in [4.78, 5) is 17.9. The van der Waals surface area contributed by atoms with Crippen LogP contribution in [0.5, 0.6) is 0 Å². The highest BCUT2D eigenvalue weighted by atomic mass is 79.9. The molecule has 0 radical (unpaired) electrons. The molecule has 4 rings (SSSR count). The third kappa shape index (κ3) is 4.02. The molecule has 1 aromatic carbocycles. The summed E-state index contributed by atoms with van der Waals surface area (Å²) in [6, 6.07) is 8.52. The predicted octanol–water partition coefficient (Wildman–Crippen LogP) is 5.25. The molecule has 3 aromatic rings. The molecule has 1 saturated carbocycles. The van der Waals surface area contributed by atoms with Crippen molar-refractivity contribution in [1.29, 1.82) is 0 Å².